The van der Waals surface area contributed by atoms with Crippen LogP contribution in [0.25, 0.3) is 0 Å². The van der Waals surface area contributed by atoms with Crippen LogP contribution in [0.4, 0.5) is 4.39 Å². The van der Waals surface area contributed by atoms with Crippen LogP contribution in [0.15, 0.2) is 0 Å². The summed E-state index contributed by atoms with van der Waals surface area (Å²) in [4.78, 5) is 0. The quantitative estimate of drug-likeness (QED) is 0.499. The van der Waals surface area contributed by atoms with Gasteiger partial charge in [0.05, 0.1) is 6.10 Å². The fraction of sp³-hybridized carbons (Fsp3) is 1.00. The Morgan fingerprint density at radius 2 is 1.80 bits per heavy atom. The molecule has 1 aliphatic rings. The highest BCUT2D eigenvalue weighted by Crippen LogP contribution is 2.19. The Morgan fingerprint density at radius 3 is 2.60 bits per heavy atom. The molecule has 0 saturated heterocycles. The van der Waals surface area contributed by atoms with Crippen molar-refractivity contribution < 1.29 is 9.50 Å². The molecule has 1 nitrogen and oxygen atoms in total. The maximum absolute atomic E-state index is 12.7. The lowest BCUT2D eigenvalue weighted by atomic mass is 9.97. The third kappa shape index (κ3) is 2.65. The lowest BCUT2D eigenvalue weighted by Gasteiger charge is -2.15. The fourth-order valence-electron chi connectivity index (χ4n) is 1.44. The van der Waals surface area contributed by atoms with Crippen LogP contribution in [-0.4, -0.2) is 12.3 Å². The molecule has 0 aliphatic heterocycles. The molecule has 0 amide bonds. The van der Waals surface area contributed by atoms with Crippen LogP contribution in [0, 0.1) is 0 Å². The molecule has 2 unspecified atom stereocenters. The minimum Gasteiger partial charge on any atom is -0.247 e. The summed E-state index contributed by atoms with van der Waals surface area (Å²) in [5.41, 5.74) is 0. The van der Waals surface area contributed by atoms with E-state index >= 15 is 0 Å². The SMILES string of the molecule is [O]C1CCCCCC(F)C1. The van der Waals surface area contributed by atoms with E-state index in [0.717, 1.165) is 19.3 Å². The molecule has 59 valence electrons. The molecular formula is C8H14FO. The highest BCUT2D eigenvalue weighted by Gasteiger charge is 2.16. The van der Waals surface area contributed by atoms with Gasteiger partial charge in [0.25, 0.3) is 0 Å². The van der Waals surface area contributed by atoms with Crippen molar-refractivity contribution in [2.24, 2.45) is 0 Å². The van der Waals surface area contributed by atoms with Crippen molar-refractivity contribution in [3.8, 4) is 0 Å². The zero-order chi connectivity index (χ0) is 7.40. The van der Waals surface area contributed by atoms with Crippen molar-refractivity contribution in [2.45, 2.75) is 50.8 Å². The lowest BCUT2D eigenvalue weighted by molar-refractivity contribution is 0.0417. The first-order valence-electron chi connectivity index (χ1n) is 4.09. The number of rotatable bonds is 0. The second-order valence-electron chi connectivity index (χ2n) is 3.09. The van der Waals surface area contributed by atoms with Gasteiger partial charge in [-0.05, 0) is 12.8 Å². The van der Waals surface area contributed by atoms with Gasteiger partial charge in [-0.2, -0.15) is 0 Å². The second kappa shape index (κ2) is 3.91. The van der Waals surface area contributed by atoms with Crippen molar-refractivity contribution in [2.75, 3.05) is 0 Å². The molecule has 2 atom stereocenters. The van der Waals surface area contributed by atoms with Gasteiger partial charge in [0, 0.05) is 6.42 Å². The molecule has 10 heavy (non-hydrogen) atoms. The smallest absolute Gasteiger partial charge is 0.103 e. The standard InChI is InChI=1S/C8H14FO/c9-7-4-2-1-3-5-8(10)6-7/h7-8H,1-6H2. The average Bonchev–Trinajstić information content (AvgIpc) is 1.83. The maximum Gasteiger partial charge on any atom is 0.103 e. The minimum atomic E-state index is -0.817. The Kier molecular flexibility index (Phi) is 3.13. The Morgan fingerprint density at radius 1 is 1.10 bits per heavy atom. The van der Waals surface area contributed by atoms with Crippen LogP contribution in [0.2, 0.25) is 0 Å². The average molecular weight is 145 g/mol. The molecule has 1 rings (SSSR count). The molecule has 2 heteroatoms. The van der Waals surface area contributed by atoms with Crippen LogP contribution >= 0.6 is 0 Å². The number of alkyl halides is 1. The Hall–Kier alpha value is -0.110. The summed E-state index contributed by atoms with van der Waals surface area (Å²) in [6.07, 6.45) is 3.10. The van der Waals surface area contributed by atoms with Crippen molar-refractivity contribution >= 4 is 0 Å². The van der Waals surface area contributed by atoms with Gasteiger partial charge in [-0.25, -0.2) is 9.50 Å². The van der Waals surface area contributed by atoms with Gasteiger partial charge in [0.1, 0.15) is 6.17 Å². The van der Waals surface area contributed by atoms with Crippen LogP contribution in [0.3, 0.4) is 0 Å². The predicted molar refractivity (Wildman–Crippen MR) is 37.1 cm³/mol. The van der Waals surface area contributed by atoms with Crippen LogP contribution < -0.4 is 0 Å². The minimum absolute atomic E-state index is 0.250. The Balaban J connectivity index is 2.25. The summed E-state index contributed by atoms with van der Waals surface area (Å²) >= 11 is 0. The van der Waals surface area contributed by atoms with E-state index in [0.29, 0.717) is 12.8 Å². The van der Waals surface area contributed by atoms with E-state index in [1.54, 1.807) is 0 Å². The highest BCUT2D eigenvalue weighted by atomic mass is 19.1. The molecule has 0 bridgehead atoms. The van der Waals surface area contributed by atoms with Gasteiger partial charge in [0.2, 0.25) is 0 Å². The number of halogens is 1. The molecule has 0 N–H and O–H groups in total. The van der Waals surface area contributed by atoms with Crippen LogP contribution in [-0.2, 0) is 5.11 Å². The molecule has 0 aromatic heterocycles. The molecule has 1 aliphatic carbocycles. The summed E-state index contributed by atoms with van der Waals surface area (Å²) < 4.78 is 12.7. The maximum atomic E-state index is 12.7. The van der Waals surface area contributed by atoms with Gasteiger partial charge in [-0.1, -0.05) is 19.3 Å². The largest absolute Gasteiger partial charge is 0.247 e. The predicted octanol–water partition coefficient (Wildman–Crippen LogP) is 2.48. The summed E-state index contributed by atoms with van der Waals surface area (Å²) in [6.45, 7) is 0. The molecule has 0 heterocycles. The van der Waals surface area contributed by atoms with Crippen molar-refractivity contribution in [3.05, 3.63) is 0 Å². The molecular weight excluding hydrogens is 131 g/mol. The summed E-state index contributed by atoms with van der Waals surface area (Å²) in [6, 6.07) is 0. The Labute approximate surface area is 61.2 Å². The molecule has 0 aromatic carbocycles. The van der Waals surface area contributed by atoms with E-state index in [-0.39, 0.29) is 6.42 Å². The first-order chi connectivity index (χ1) is 4.79. The van der Waals surface area contributed by atoms with Gasteiger partial charge < -0.3 is 0 Å². The van der Waals surface area contributed by atoms with E-state index in [2.05, 4.69) is 0 Å². The third-order valence-corrected chi connectivity index (χ3v) is 2.06. The summed E-state index contributed by atoms with van der Waals surface area (Å²) in [7, 11) is 0. The topological polar surface area (TPSA) is 19.9 Å². The monoisotopic (exact) mass is 145 g/mol. The van der Waals surface area contributed by atoms with E-state index < -0.39 is 12.3 Å². The van der Waals surface area contributed by atoms with E-state index in [1.165, 1.54) is 0 Å². The first kappa shape index (κ1) is 7.99. The lowest BCUT2D eigenvalue weighted by Crippen LogP contribution is -2.15. The molecule has 1 radical (unpaired) electrons. The van der Waals surface area contributed by atoms with E-state index in [4.69, 9.17) is 0 Å². The van der Waals surface area contributed by atoms with Crippen LogP contribution in [0.5, 0.6) is 0 Å². The van der Waals surface area contributed by atoms with Crippen molar-refractivity contribution in [1.29, 1.82) is 0 Å². The van der Waals surface area contributed by atoms with Gasteiger partial charge >= 0.3 is 0 Å². The zero-order valence-electron chi connectivity index (χ0n) is 6.18. The van der Waals surface area contributed by atoms with Crippen LogP contribution in [0.1, 0.15) is 38.5 Å². The zero-order valence-corrected chi connectivity index (χ0v) is 6.18. The van der Waals surface area contributed by atoms with Gasteiger partial charge in [-0.3, -0.25) is 0 Å². The van der Waals surface area contributed by atoms with Crippen molar-refractivity contribution in [3.63, 3.8) is 0 Å². The van der Waals surface area contributed by atoms with Gasteiger partial charge in [-0.15, -0.1) is 0 Å². The fourth-order valence-corrected chi connectivity index (χ4v) is 1.44. The van der Waals surface area contributed by atoms with E-state index in [9.17, 15) is 9.50 Å². The first-order valence-corrected chi connectivity index (χ1v) is 4.09. The second-order valence-corrected chi connectivity index (χ2v) is 3.09. The summed E-state index contributed by atoms with van der Waals surface area (Å²) in [5.74, 6) is 0. The normalized spacial score (nSPS) is 36.6. The molecule has 0 spiro atoms. The number of hydrogen-bond acceptors (Lipinski definition) is 0. The Bertz CT molecular complexity index is 85.3. The highest BCUT2D eigenvalue weighted by molar-refractivity contribution is 4.67. The molecule has 1 fully saturated rings. The van der Waals surface area contributed by atoms with Gasteiger partial charge in [0.15, 0.2) is 0 Å². The molecule has 1 saturated carbocycles. The summed E-state index contributed by atoms with van der Waals surface area (Å²) in [5, 5.41) is 10.9. The molecule has 0 aromatic rings. The van der Waals surface area contributed by atoms with E-state index in [1.807, 2.05) is 0 Å². The number of hydrogen-bond donors (Lipinski definition) is 0. The third-order valence-electron chi connectivity index (χ3n) is 2.06. The van der Waals surface area contributed by atoms with Crippen molar-refractivity contribution in [1.82, 2.24) is 0 Å².